The van der Waals surface area contributed by atoms with Crippen molar-refractivity contribution in [1.82, 2.24) is 24.6 Å². The van der Waals surface area contributed by atoms with Crippen LogP contribution in [0.15, 0.2) is 73.6 Å². The number of nitrogens with zero attached hydrogens (tertiary/aromatic N) is 5. The highest BCUT2D eigenvalue weighted by Crippen LogP contribution is 2.35. The molecule has 2 aromatic carbocycles. The zero-order valence-corrected chi connectivity index (χ0v) is 18.3. The number of carbonyl (C=O) groups excluding carboxylic acids is 1. The molecule has 1 aliphatic heterocycles. The number of anilines is 1. The topological polar surface area (TPSA) is 85.2 Å². The molecule has 8 heteroatoms. The van der Waals surface area contributed by atoms with Crippen LogP contribution in [0.4, 0.5) is 5.82 Å². The predicted octanol–water partition coefficient (Wildman–Crippen LogP) is 4.29. The summed E-state index contributed by atoms with van der Waals surface area (Å²) >= 11 is 0. The van der Waals surface area contributed by atoms with Crippen LogP contribution in [0, 0.1) is 0 Å². The molecule has 3 heterocycles. The standard InChI is InChI=1S/C25H24N6O2/c1-3-21(32)30-14-13-18(15-30)31-25-22(24(26-2)27-16-28-25)23(29-31)17-9-11-20(12-10-17)33-19-7-5-4-6-8-19/h3-12,16,18H,1,13-15H2,2H3,(H,26,27,28). The molecule has 2 aromatic heterocycles. The van der Waals surface area contributed by atoms with Crippen molar-refractivity contribution < 1.29 is 9.53 Å². The predicted molar refractivity (Wildman–Crippen MR) is 127 cm³/mol. The summed E-state index contributed by atoms with van der Waals surface area (Å²) in [6.07, 6.45) is 3.70. The fourth-order valence-electron chi connectivity index (χ4n) is 4.20. The Morgan fingerprint density at radius 3 is 2.61 bits per heavy atom. The Hall–Kier alpha value is -4.20. The maximum Gasteiger partial charge on any atom is 0.246 e. The second-order valence-electron chi connectivity index (χ2n) is 7.83. The van der Waals surface area contributed by atoms with E-state index in [9.17, 15) is 4.79 Å². The number of para-hydroxylation sites is 1. The third-order valence-electron chi connectivity index (χ3n) is 5.83. The molecule has 1 saturated heterocycles. The Labute approximate surface area is 191 Å². The van der Waals surface area contributed by atoms with Crippen molar-refractivity contribution in [3.8, 4) is 22.8 Å². The summed E-state index contributed by atoms with van der Waals surface area (Å²) < 4.78 is 7.85. The second-order valence-corrected chi connectivity index (χ2v) is 7.83. The largest absolute Gasteiger partial charge is 0.457 e. The molecule has 1 unspecified atom stereocenters. The molecule has 5 rings (SSSR count). The average molecular weight is 441 g/mol. The maximum absolute atomic E-state index is 12.1. The minimum absolute atomic E-state index is 0.0328. The summed E-state index contributed by atoms with van der Waals surface area (Å²) in [7, 11) is 1.83. The number of hydrogen-bond donors (Lipinski definition) is 1. The SMILES string of the molecule is C=CC(=O)N1CCC(n2nc(-c3ccc(Oc4ccccc4)cc3)c3c(NC)ncnc32)C1. The van der Waals surface area contributed by atoms with Gasteiger partial charge in [0.05, 0.1) is 11.4 Å². The van der Waals surface area contributed by atoms with Gasteiger partial charge in [-0.05, 0) is 48.9 Å². The summed E-state index contributed by atoms with van der Waals surface area (Å²) in [5.41, 5.74) is 2.46. The molecule has 1 fully saturated rings. The number of likely N-dealkylation sites (tertiary alicyclic amines) is 1. The van der Waals surface area contributed by atoms with E-state index in [2.05, 4.69) is 21.9 Å². The minimum Gasteiger partial charge on any atom is -0.457 e. The van der Waals surface area contributed by atoms with Crippen LogP contribution in [-0.4, -0.2) is 50.7 Å². The maximum atomic E-state index is 12.1. The van der Waals surface area contributed by atoms with E-state index < -0.39 is 0 Å². The van der Waals surface area contributed by atoms with E-state index in [-0.39, 0.29) is 11.9 Å². The average Bonchev–Trinajstić information content (AvgIpc) is 3.50. The van der Waals surface area contributed by atoms with Crippen LogP contribution in [0.5, 0.6) is 11.5 Å². The van der Waals surface area contributed by atoms with Crippen LogP contribution >= 0.6 is 0 Å². The van der Waals surface area contributed by atoms with Crippen LogP contribution < -0.4 is 10.1 Å². The highest BCUT2D eigenvalue weighted by molar-refractivity contribution is 5.99. The van der Waals surface area contributed by atoms with Gasteiger partial charge in [0.25, 0.3) is 0 Å². The van der Waals surface area contributed by atoms with E-state index in [1.54, 1.807) is 4.90 Å². The van der Waals surface area contributed by atoms with Crippen LogP contribution in [0.1, 0.15) is 12.5 Å². The van der Waals surface area contributed by atoms with Gasteiger partial charge >= 0.3 is 0 Å². The van der Waals surface area contributed by atoms with E-state index in [0.717, 1.165) is 40.2 Å². The molecule has 0 saturated carbocycles. The smallest absolute Gasteiger partial charge is 0.246 e. The van der Waals surface area contributed by atoms with E-state index in [1.165, 1.54) is 12.4 Å². The summed E-state index contributed by atoms with van der Waals surface area (Å²) in [5.74, 6) is 2.18. The molecule has 166 valence electrons. The van der Waals surface area contributed by atoms with Gasteiger partial charge in [-0.1, -0.05) is 24.8 Å². The van der Waals surface area contributed by atoms with Gasteiger partial charge in [0.15, 0.2) is 5.65 Å². The Kier molecular flexibility index (Phi) is 5.48. The summed E-state index contributed by atoms with van der Waals surface area (Å²) in [4.78, 5) is 22.8. The highest BCUT2D eigenvalue weighted by atomic mass is 16.5. The molecule has 0 spiro atoms. The zero-order valence-electron chi connectivity index (χ0n) is 18.3. The summed E-state index contributed by atoms with van der Waals surface area (Å²) in [5, 5.41) is 8.96. The Morgan fingerprint density at radius 1 is 1.12 bits per heavy atom. The van der Waals surface area contributed by atoms with Gasteiger partial charge in [0.1, 0.15) is 29.3 Å². The molecule has 0 bridgehead atoms. The summed E-state index contributed by atoms with van der Waals surface area (Å²) in [6, 6.07) is 17.5. The number of hydrogen-bond acceptors (Lipinski definition) is 6. The lowest BCUT2D eigenvalue weighted by atomic mass is 10.1. The number of carbonyl (C=O) groups is 1. The molecule has 1 atom stereocenters. The molecule has 4 aromatic rings. The number of ether oxygens (including phenoxy) is 1. The Balaban J connectivity index is 1.52. The fourth-order valence-corrected chi connectivity index (χ4v) is 4.20. The molecule has 1 aliphatic rings. The van der Waals surface area contributed by atoms with Gasteiger partial charge in [-0.2, -0.15) is 5.10 Å². The van der Waals surface area contributed by atoms with Gasteiger partial charge in [-0.25, -0.2) is 14.6 Å². The molecular weight excluding hydrogens is 416 g/mol. The van der Waals surface area contributed by atoms with E-state index >= 15 is 0 Å². The molecule has 0 radical (unpaired) electrons. The van der Waals surface area contributed by atoms with Gasteiger partial charge < -0.3 is 15.0 Å². The molecule has 0 aliphatic carbocycles. The normalized spacial score (nSPS) is 15.5. The number of nitrogens with one attached hydrogen (secondary N) is 1. The zero-order chi connectivity index (χ0) is 22.8. The van der Waals surface area contributed by atoms with Crippen molar-refractivity contribution in [1.29, 1.82) is 0 Å². The van der Waals surface area contributed by atoms with E-state index in [1.807, 2.05) is 66.3 Å². The first-order valence-electron chi connectivity index (χ1n) is 10.8. The van der Waals surface area contributed by atoms with Gasteiger partial charge in [0.2, 0.25) is 5.91 Å². The highest BCUT2D eigenvalue weighted by Gasteiger charge is 2.30. The van der Waals surface area contributed by atoms with Crippen molar-refractivity contribution in [2.75, 3.05) is 25.5 Å². The number of aromatic nitrogens is 4. The van der Waals surface area contributed by atoms with Crippen molar-refractivity contribution in [3.63, 3.8) is 0 Å². The van der Waals surface area contributed by atoms with Crippen LogP contribution in [-0.2, 0) is 4.79 Å². The van der Waals surface area contributed by atoms with E-state index in [4.69, 9.17) is 9.84 Å². The molecule has 8 nitrogen and oxygen atoms in total. The first-order chi connectivity index (χ1) is 16.2. The van der Waals surface area contributed by atoms with Crippen LogP contribution in [0.25, 0.3) is 22.3 Å². The Bertz CT molecular complexity index is 1300. The summed E-state index contributed by atoms with van der Waals surface area (Å²) in [6.45, 7) is 4.84. The lowest BCUT2D eigenvalue weighted by Gasteiger charge is -2.14. The third kappa shape index (κ3) is 3.91. The van der Waals surface area contributed by atoms with Crippen molar-refractivity contribution in [3.05, 3.63) is 73.6 Å². The van der Waals surface area contributed by atoms with Gasteiger partial charge in [0, 0.05) is 25.7 Å². The number of rotatable bonds is 6. The van der Waals surface area contributed by atoms with E-state index in [0.29, 0.717) is 18.9 Å². The Morgan fingerprint density at radius 2 is 1.88 bits per heavy atom. The molecule has 33 heavy (non-hydrogen) atoms. The molecular formula is C25H24N6O2. The number of benzene rings is 2. The molecule has 1 N–H and O–H groups in total. The van der Waals surface area contributed by atoms with Crippen LogP contribution in [0.3, 0.4) is 0 Å². The minimum atomic E-state index is -0.0614. The lowest BCUT2D eigenvalue weighted by Crippen LogP contribution is -2.27. The second kappa shape index (κ2) is 8.74. The lowest BCUT2D eigenvalue weighted by molar-refractivity contribution is -0.125. The molecule has 1 amide bonds. The number of fused-ring (bicyclic) bond motifs is 1. The van der Waals surface area contributed by atoms with Crippen molar-refractivity contribution in [2.24, 2.45) is 0 Å². The quantitative estimate of drug-likeness (QED) is 0.450. The monoisotopic (exact) mass is 440 g/mol. The van der Waals surface area contributed by atoms with Crippen LogP contribution in [0.2, 0.25) is 0 Å². The fraction of sp³-hybridized carbons (Fsp3) is 0.200. The van der Waals surface area contributed by atoms with Gasteiger partial charge in [-0.15, -0.1) is 0 Å². The first kappa shape index (κ1) is 20.7. The third-order valence-corrected chi connectivity index (χ3v) is 5.83. The van der Waals surface area contributed by atoms with Crippen molar-refractivity contribution in [2.45, 2.75) is 12.5 Å². The number of amides is 1. The van der Waals surface area contributed by atoms with Crippen molar-refractivity contribution >= 4 is 22.8 Å². The van der Waals surface area contributed by atoms with Gasteiger partial charge in [-0.3, -0.25) is 4.79 Å². The first-order valence-corrected chi connectivity index (χ1v) is 10.8.